The van der Waals surface area contributed by atoms with Crippen LogP contribution >= 0.6 is 0 Å². The van der Waals surface area contributed by atoms with Crippen LogP contribution in [-0.2, 0) is 29.7 Å². The number of ether oxygens (including phenoxy) is 1. The number of alkyl halides is 2. The SMILES string of the molecule is C=C(C)C(=O)O/C=C\C1CCCCN1S(=O)(=O)C(F)(F)S(=O)(=O)O. The van der Waals surface area contributed by atoms with Gasteiger partial charge in [-0.05, 0) is 25.8 Å². The topological polar surface area (TPSA) is 118 Å². The molecule has 8 nitrogen and oxygen atoms in total. The van der Waals surface area contributed by atoms with E-state index in [1.165, 1.54) is 6.92 Å². The third-order valence-electron chi connectivity index (χ3n) is 3.23. The molecule has 0 bridgehead atoms. The Kier molecular flexibility index (Phi) is 6.25. The van der Waals surface area contributed by atoms with Crippen molar-refractivity contribution in [3.8, 4) is 0 Å². The number of hydrogen-bond acceptors (Lipinski definition) is 6. The highest BCUT2D eigenvalue weighted by Crippen LogP contribution is 2.34. The normalized spacial score (nSPS) is 20.9. The van der Waals surface area contributed by atoms with Crippen LogP contribution in [0.2, 0.25) is 0 Å². The summed E-state index contributed by atoms with van der Waals surface area (Å²) in [5.41, 5.74) is 0.0747. The summed E-state index contributed by atoms with van der Waals surface area (Å²) in [7, 11) is -11.8. The molecular weight excluding hydrogens is 372 g/mol. The van der Waals surface area contributed by atoms with Gasteiger partial charge in [0.1, 0.15) is 0 Å². The van der Waals surface area contributed by atoms with Gasteiger partial charge in [0, 0.05) is 18.2 Å². The highest BCUT2D eigenvalue weighted by atomic mass is 32.3. The Morgan fingerprint density at radius 3 is 2.42 bits per heavy atom. The molecule has 1 fully saturated rings. The quantitative estimate of drug-likeness (QED) is 0.314. The predicted octanol–water partition coefficient (Wildman–Crippen LogP) is 1.24. The van der Waals surface area contributed by atoms with Crippen LogP contribution in [0.1, 0.15) is 26.2 Å². The van der Waals surface area contributed by atoms with Crippen LogP contribution in [0.25, 0.3) is 0 Å². The maximum atomic E-state index is 13.6. The van der Waals surface area contributed by atoms with Gasteiger partial charge in [0.2, 0.25) is 0 Å². The lowest BCUT2D eigenvalue weighted by atomic mass is 10.1. The van der Waals surface area contributed by atoms with Gasteiger partial charge in [0.25, 0.3) is 10.0 Å². The van der Waals surface area contributed by atoms with E-state index in [2.05, 4.69) is 11.3 Å². The first-order valence-electron chi connectivity index (χ1n) is 6.71. The molecule has 24 heavy (non-hydrogen) atoms. The van der Waals surface area contributed by atoms with Crippen molar-refractivity contribution in [3.63, 3.8) is 0 Å². The van der Waals surface area contributed by atoms with Crippen molar-refractivity contribution in [2.75, 3.05) is 6.54 Å². The van der Waals surface area contributed by atoms with Crippen molar-refractivity contribution in [1.29, 1.82) is 0 Å². The number of esters is 1. The molecule has 0 amide bonds. The number of hydrogen-bond donors (Lipinski definition) is 1. The Morgan fingerprint density at radius 1 is 1.33 bits per heavy atom. The van der Waals surface area contributed by atoms with Gasteiger partial charge >= 0.3 is 20.7 Å². The first-order valence-corrected chi connectivity index (χ1v) is 9.60. The molecule has 12 heteroatoms. The Labute approximate surface area is 138 Å². The van der Waals surface area contributed by atoms with E-state index in [1.807, 2.05) is 0 Å². The van der Waals surface area contributed by atoms with E-state index in [4.69, 9.17) is 4.55 Å². The number of piperidine rings is 1. The van der Waals surface area contributed by atoms with Crippen LogP contribution in [0.3, 0.4) is 0 Å². The summed E-state index contributed by atoms with van der Waals surface area (Å²) in [5.74, 6) is -0.792. The number of carbonyl (C=O) groups is 1. The van der Waals surface area contributed by atoms with Gasteiger partial charge < -0.3 is 4.74 Å². The van der Waals surface area contributed by atoms with Crippen molar-refractivity contribution in [3.05, 3.63) is 24.5 Å². The minimum atomic E-state index is -6.16. The third-order valence-corrected chi connectivity index (χ3v) is 6.77. The van der Waals surface area contributed by atoms with Crippen molar-refractivity contribution < 1.29 is 39.7 Å². The zero-order valence-electron chi connectivity index (χ0n) is 12.7. The molecule has 1 atom stereocenters. The maximum Gasteiger partial charge on any atom is 0.484 e. The molecule has 1 rings (SSSR count). The molecule has 1 aliphatic heterocycles. The van der Waals surface area contributed by atoms with Gasteiger partial charge in [0.05, 0.1) is 6.26 Å². The van der Waals surface area contributed by atoms with E-state index in [-0.39, 0.29) is 29.3 Å². The first kappa shape index (κ1) is 20.7. The summed E-state index contributed by atoms with van der Waals surface area (Å²) >= 11 is 0. The second-order valence-corrected chi connectivity index (χ2v) is 8.78. The highest BCUT2D eigenvalue weighted by Gasteiger charge is 2.61. The molecule has 0 spiro atoms. The average Bonchev–Trinajstić information content (AvgIpc) is 2.46. The summed E-state index contributed by atoms with van der Waals surface area (Å²) in [6.07, 6.45) is 2.73. The van der Waals surface area contributed by atoms with Crippen molar-refractivity contribution >= 4 is 26.1 Å². The van der Waals surface area contributed by atoms with E-state index in [0.717, 1.165) is 12.3 Å². The fourth-order valence-corrected chi connectivity index (χ4v) is 4.51. The first-order chi connectivity index (χ1) is 10.8. The number of nitrogens with zero attached hydrogens (tertiary/aromatic N) is 1. The molecule has 1 heterocycles. The number of sulfonamides is 1. The van der Waals surface area contributed by atoms with Gasteiger partial charge in [-0.1, -0.05) is 13.0 Å². The molecule has 0 aromatic carbocycles. The van der Waals surface area contributed by atoms with Crippen LogP contribution < -0.4 is 0 Å². The Morgan fingerprint density at radius 2 is 1.92 bits per heavy atom. The molecule has 1 unspecified atom stereocenters. The Bertz CT molecular complexity index is 743. The molecule has 138 valence electrons. The lowest BCUT2D eigenvalue weighted by Crippen LogP contribution is -2.52. The molecule has 1 N–H and O–H groups in total. The van der Waals surface area contributed by atoms with Crippen LogP contribution in [0.4, 0.5) is 8.78 Å². The minimum absolute atomic E-state index is 0.0747. The molecule has 0 aromatic heterocycles. The van der Waals surface area contributed by atoms with Crippen LogP contribution in [-0.4, -0.2) is 48.8 Å². The van der Waals surface area contributed by atoms with E-state index < -0.39 is 36.7 Å². The van der Waals surface area contributed by atoms with Crippen LogP contribution in [0.5, 0.6) is 0 Å². The van der Waals surface area contributed by atoms with E-state index in [9.17, 15) is 30.4 Å². The molecule has 0 radical (unpaired) electrons. The summed E-state index contributed by atoms with van der Waals surface area (Å²) < 4.78 is 80.7. The summed E-state index contributed by atoms with van der Waals surface area (Å²) in [6, 6.07) is -1.14. The second kappa shape index (κ2) is 7.25. The van der Waals surface area contributed by atoms with Gasteiger partial charge in [-0.3, -0.25) is 4.55 Å². The van der Waals surface area contributed by atoms with Crippen LogP contribution in [0.15, 0.2) is 24.5 Å². The van der Waals surface area contributed by atoms with Gasteiger partial charge in [0.15, 0.2) is 0 Å². The zero-order valence-corrected chi connectivity index (χ0v) is 14.3. The second-order valence-electron chi connectivity index (χ2n) is 5.13. The van der Waals surface area contributed by atoms with Crippen molar-refractivity contribution in [2.45, 2.75) is 36.8 Å². The number of rotatable bonds is 6. The van der Waals surface area contributed by atoms with E-state index >= 15 is 0 Å². The van der Waals surface area contributed by atoms with E-state index in [0.29, 0.717) is 6.42 Å². The Hall–Kier alpha value is -1.37. The summed E-state index contributed by atoms with van der Waals surface area (Å²) in [5, 5.41) is 0. The maximum absolute atomic E-state index is 13.6. The van der Waals surface area contributed by atoms with Crippen LogP contribution in [0, 0.1) is 0 Å². The predicted molar refractivity (Wildman–Crippen MR) is 79.8 cm³/mol. The van der Waals surface area contributed by atoms with E-state index in [1.54, 1.807) is 0 Å². The minimum Gasteiger partial charge on any atom is -0.431 e. The summed E-state index contributed by atoms with van der Waals surface area (Å²) in [4.78, 5) is 11.2. The number of halogens is 2. The molecule has 1 aliphatic rings. The monoisotopic (exact) mass is 389 g/mol. The highest BCUT2D eigenvalue weighted by molar-refractivity contribution is 8.06. The largest absolute Gasteiger partial charge is 0.484 e. The fourth-order valence-electron chi connectivity index (χ4n) is 1.98. The lowest BCUT2D eigenvalue weighted by molar-refractivity contribution is -0.133. The molecule has 0 aromatic rings. The smallest absolute Gasteiger partial charge is 0.431 e. The zero-order chi connectivity index (χ0) is 18.8. The third kappa shape index (κ3) is 4.18. The molecule has 0 aliphatic carbocycles. The Balaban J connectivity index is 3.09. The molecular formula is C12H17F2NO7S2. The molecule has 0 saturated carbocycles. The summed E-state index contributed by atoms with van der Waals surface area (Å²) in [6.45, 7) is 4.34. The van der Waals surface area contributed by atoms with Gasteiger partial charge in [-0.15, -0.1) is 0 Å². The van der Waals surface area contributed by atoms with Crippen molar-refractivity contribution in [1.82, 2.24) is 4.31 Å². The van der Waals surface area contributed by atoms with Gasteiger partial charge in [-0.2, -0.15) is 21.5 Å². The fraction of sp³-hybridized carbons (Fsp3) is 0.583. The lowest BCUT2D eigenvalue weighted by Gasteiger charge is -2.34. The molecule has 1 saturated heterocycles. The average molecular weight is 389 g/mol. The standard InChI is InChI=1S/C12H17F2NO7S2/c1-9(2)11(16)22-8-6-10-5-3-4-7-15(10)23(17,18)12(13,14)24(19,20)21/h6,8,10H,1,3-5,7H2,2H3,(H,19,20,21)/b8-6-. The van der Waals surface area contributed by atoms with Crippen molar-refractivity contribution in [2.24, 2.45) is 0 Å². The van der Waals surface area contributed by atoms with Gasteiger partial charge in [-0.25, -0.2) is 13.2 Å². The number of carbonyl (C=O) groups excluding carboxylic acids is 1.